The van der Waals surface area contributed by atoms with Gasteiger partial charge >= 0.3 is 6.18 Å². The molecular weight excluding hydrogens is 195 g/mol. The highest BCUT2D eigenvalue weighted by molar-refractivity contribution is 5.29. The number of nitrogens with two attached hydrogens (primary N) is 1. The topological polar surface area (TPSA) is 51.8 Å². The standard InChI is InChI=1S/C8H10F3N3/c1-2-5-3-6(12)14-7(13-5)4-8(9,10)11/h3H,2,4H2,1H3,(H2,12,13,14). The maximum atomic E-state index is 12.0. The van der Waals surface area contributed by atoms with Crippen LogP contribution in [0.1, 0.15) is 18.4 Å². The lowest BCUT2D eigenvalue weighted by molar-refractivity contribution is -0.128. The van der Waals surface area contributed by atoms with Crippen molar-refractivity contribution >= 4 is 5.82 Å². The summed E-state index contributed by atoms with van der Waals surface area (Å²) in [5, 5.41) is 0. The van der Waals surface area contributed by atoms with Crippen molar-refractivity contribution in [1.82, 2.24) is 9.97 Å². The Morgan fingerprint density at radius 3 is 2.50 bits per heavy atom. The molecule has 1 aromatic heterocycles. The molecule has 0 aliphatic carbocycles. The second kappa shape index (κ2) is 3.81. The first-order valence-corrected chi connectivity index (χ1v) is 4.10. The molecule has 0 radical (unpaired) electrons. The molecule has 0 saturated heterocycles. The average molecular weight is 205 g/mol. The number of nitrogens with zero attached hydrogens (tertiary/aromatic N) is 2. The lowest BCUT2D eigenvalue weighted by atomic mass is 10.3. The number of hydrogen-bond donors (Lipinski definition) is 1. The molecule has 14 heavy (non-hydrogen) atoms. The summed E-state index contributed by atoms with van der Waals surface area (Å²) in [5.74, 6) is -0.189. The molecule has 0 amide bonds. The molecule has 0 unspecified atom stereocenters. The third-order valence-electron chi connectivity index (χ3n) is 1.57. The van der Waals surface area contributed by atoms with E-state index in [0.29, 0.717) is 12.1 Å². The molecule has 0 spiro atoms. The van der Waals surface area contributed by atoms with E-state index in [1.54, 1.807) is 6.92 Å². The van der Waals surface area contributed by atoms with E-state index in [0.717, 1.165) is 0 Å². The van der Waals surface area contributed by atoms with E-state index in [2.05, 4.69) is 9.97 Å². The van der Waals surface area contributed by atoms with Gasteiger partial charge in [-0.25, -0.2) is 9.97 Å². The molecular formula is C8H10F3N3. The molecule has 1 heterocycles. The quantitative estimate of drug-likeness (QED) is 0.799. The number of aryl methyl sites for hydroxylation is 1. The van der Waals surface area contributed by atoms with Crippen LogP contribution >= 0.6 is 0 Å². The number of aromatic nitrogens is 2. The molecule has 1 rings (SSSR count). The SMILES string of the molecule is CCc1cc(N)nc(CC(F)(F)F)n1. The van der Waals surface area contributed by atoms with Gasteiger partial charge in [0.25, 0.3) is 0 Å². The van der Waals surface area contributed by atoms with Crippen LogP contribution in [0.25, 0.3) is 0 Å². The number of rotatable bonds is 2. The van der Waals surface area contributed by atoms with E-state index < -0.39 is 12.6 Å². The molecule has 78 valence electrons. The van der Waals surface area contributed by atoms with Crippen molar-refractivity contribution in [1.29, 1.82) is 0 Å². The molecule has 3 nitrogen and oxygen atoms in total. The first-order valence-electron chi connectivity index (χ1n) is 4.10. The second-order valence-corrected chi connectivity index (χ2v) is 2.85. The maximum absolute atomic E-state index is 12.0. The van der Waals surface area contributed by atoms with Crippen molar-refractivity contribution in [2.75, 3.05) is 5.73 Å². The molecule has 0 saturated carbocycles. The Bertz CT molecular complexity index is 322. The zero-order chi connectivity index (χ0) is 10.8. The summed E-state index contributed by atoms with van der Waals surface area (Å²) in [6, 6.07) is 1.47. The van der Waals surface area contributed by atoms with Gasteiger partial charge in [0.2, 0.25) is 0 Å². The predicted octanol–water partition coefficient (Wildman–Crippen LogP) is 1.73. The van der Waals surface area contributed by atoms with Crippen LogP contribution in [0, 0.1) is 0 Å². The van der Waals surface area contributed by atoms with Crippen LogP contribution in [0.2, 0.25) is 0 Å². The van der Waals surface area contributed by atoms with Crippen LogP contribution in [-0.2, 0) is 12.8 Å². The minimum atomic E-state index is -4.29. The van der Waals surface area contributed by atoms with E-state index in [-0.39, 0.29) is 11.6 Å². The molecule has 0 aromatic carbocycles. The maximum Gasteiger partial charge on any atom is 0.396 e. The van der Waals surface area contributed by atoms with Crippen molar-refractivity contribution in [2.45, 2.75) is 25.9 Å². The summed E-state index contributed by atoms with van der Waals surface area (Å²) in [6.07, 6.45) is -4.89. The summed E-state index contributed by atoms with van der Waals surface area (Å²) in [4.78, 5) is 7.24. The van der Waals surface area contributed by atoms with Gasteiger partial charge in [-0.15, -0.1) is 0 Å². The number of hydrogen-bond acceptors (Lipinski definition) is 3. The Balaban J connectivity index is 2.92. The third-order valence-corrected chi connectivity index (χ3v) is 1.57. The van der Waals surface area contributed by atoms with Gasteiger partial charge in [-0.2, -0.15) is 13.2 Å². The number of alkyl halides is 3. The van der Waals surface area contributed by atoms with Crippen molar-refractivity contribution < 1.29 is 13.2 Å². The van der Waals surface area contributed by atoms with Gasteiger partial charge < -0.3 is 5.73 Å². The lowest BCUT2D eigenvalue weighted by Gasteiger charge is -2.06. The Labute approximate surface area is 79.2 Å². The summed E-state index contributed by atoms with van der Waals surface area (Å²) < 4.78 is 36.0. The molecule has 0 aliphatic rings. The Hall–Kier alpha value is -1.33. The van der Waals surface area contributed by atoms with Crippen molar-refractivity contribution in [3.8, 4) is 0 Å². The second-order valence-electron chi connectivity index (χ2n) is 2.85. The number of anilines is 1. The van der Waals surface area contributed by atoms with Gasteiger partial charge in [-0.05, 0) is 6.42 Å². The third kappa shape index (κ3) is 3.20. The van der Waals surface area contributed by atoms with E-state index in [1.165, 1.54) is 6.07 Å². The van der Waals surface area contributed by atoms with Gasteiger partial charge in [0.05, 0.1) is 0 Å². The van der Waals surface area contributed by atoms with Gasteiger partial charge in [0.1, 0.15) is 18.1 Å². The predicted molar refractivity (Wildman–Crippen MR) is 45.6 cm³/mol. The monoisotopic (exact) mass is 205 g/mol. The average Bonchev–Trinajstić information content (AvgIpc) is 1.99. The highest BCUT2D eigenvalue weighted by atomic mass is 19.4. The van der Waals surface area contributed by atoms with Crippen LogP contribution < -0.4 is 5.73 Å². The number of halogens is 3. The molecule has 0 bridgehead atoms. The Morgan fingerprint density at radius 1 is 1.36 bits per heavy atom. The van der Waals surface area contributed by atoms with Crippen LogP contribution in [0.3, 0.4) is 0 Å². The van der Waals surface area contributed by atoms with E-state index >= 15 is 0 Å². The summed E-state index contributed by atoms with van der Waals surface area (Å²) in [5.41, 5.74) is 5.86. The Kier molecular flexibility index (Phi) is 2.93. The van der Waals surface area contributed by atoms with Crippen molar-refractivity contribution in [2.24, 2.45) is 0 Å². The minimum Gasteiger partial charge on any atom is -0.384 e. The summed E-state index contributed by atoms with van der Waals surface area (Å²) in [7, 11) is 0. The molecule has 0 atom stereocenters. The smallest absolute Gasteiger partial charge is 0.384 e. The molecule has 6 heteroatoms. The lowest BCUT2D eigenvalue weighted by Crippen LogP contribution is -2.15. The molecule has 1 aromatic rings. The summed E-state index contributed by atoms with van der Waals surface area (Å²) in [6.45, 7) is 1.79. The van der Waals surface area contributed by atoms with E-state index in [1.807, 2.05) is 0 Å². The summed E-state index contributed by atoms with van der Waals surface area (Å²) >= 11 is 0. The minimum absolute atomic E-state index is 0.0797. The largest absolute Gasteiger partial charge is 0.396 e. The zero-order valence-electron chi connectivity index (χ0n) is 7.60. The molecule has 2 N–H and O–H groups in total. The van der Waals surface area contributed by atoms with Crippen LogP contribution in [0.5, 0.6) is 0 Å². The van der Waals surface area contributed by atoms with Gasteiger partial charge in [-0.1, -0.05) is 6.92 Å². The first kappa shape index (κ1) is 10.7. The van der Waals surface area contributed by atoms with Crippen LogP contribution in [0.4, 0.5) is 19.0 Å². The van der Waals surface area contributed by atoms with Crippen molar-refractivity contribution in [3.63, 3.8) is 0 Å². The fourth-order valence-corrected chi connectivity index (χ4v) is 1.01. The molecule has 0 fully saturated rings. The van der Waals surface area contributed by atoms with E-state index in [9.17, 15) is 13.2 Å². The first-order chi connectivity index (χ1) is 6.40. The number of nitrogen functional groups attached to an aromatic ring is 1. The van der Waals surface area contributed by atoms with E-state index in [4.69, 9.17) is 5.73 Å². The van der Waals surface area contributed by atoms with Crippen LogP contribution in [0.15, 0.2) is 6.07 Å². The molecule has 0 aliphatic heterocycles. The normalized spacial score (nSPS) is 11.7. The fraction of sp³-hybridized carbons (Fsp3) is 0.500. The van der Waals surface area contributed by atoms with Gasteiger partial charge in [-0.3, -0.25) is 0 Å². The highest BCUT2D eigenvalue weighted by Crippen LogP contribution is 2.19. The fourth-order valence-electron chi connectivity index (χ4n) is 1.01. The van der Waals surface area contributed by atoms with Gasteiger partial charge in [0.15, 0.2) is 0 Å². The highest BCUT2D eigenvalue weighted by Gasteiger charge is 2.29. The van der Waals surface area contributed by atoms with Crippen molar-refractivity contribution in [3.05, 3.63) is 17.6 Å². The van der Waals surface area contributed by atoms with Gasteiger partial charge in [0, 0.05) is 11.8 Å². The zero-order valence-corrected chi connectivity index (χ0v) is 7.60. The Morgan fingerprint density at radius 2 is 2.00 bits per heavy atom. The van der Waals surface area contributed by atoms with Crippen LogP contribution in [-0.4, -0.2) is 16.1 Å².